The second-order valence-electron chi connectivity index (χ2n) is 4.85. The van der Waals surface area contributed by atoms with Crippen LogP contribution in [0, 0.1) is 5.41 Å². The van der Waals surface area contributed by atoms with E-state index in [9.17, 15) is 9.90 Å². The summed E-state index contributed by atoms with van der Waals surface area (Å²) in [5.41, 5.74) is -0.0602. The standard InChI is InChI=1S/C12H10BrClN4O2/c13-8-3-1-2-7(9(8)14)10-15-16-17-18(10)6-12(4-5-12)11(19)20/h1-3H,4-6H2,(H,19,20). The maximum Gasteiger partial charge on any atom is 0.311 e. The predicted molar refractivity (Wildman–Crippen MR) is 75.3 cm³/mol. The Hall–Kier alpha value is -1.47. The van der Waals surface area contributed by atoms with Crippen LogP contribution in [0.3, 0.4) is 0 Å². The van der Waals surface area contributed by atoms with E-state index in [-0.39, 0.29) is 6.54 Å². The Morgan fingerprint density at radius 1 is 1.50 bits per heavy atom. The van der Waals surface area contributed by atoms with Gasteiger partial charge >= 0.3 is 5.97 Å². The zero-order valence-corrected chi connectivity index (χ0v) is 12.6. The average molecular weight is 358 g/mol. The third-order valence-corrected chi connectivity index (χ3v) is 4.78. The molecule has 1 aliphatic rings. The van der Waals surface area contributed by atoms with Crippen molar-refractivity contribution in [1.82, 2.24) is 20.2 Å². The molecule has 1 fully saturated rings. The highest BCUT2D eigenvalue weighted by Crippen LogP contribution is 2.47. The number of hydrogen-bond acceptors (Lipinski definition) is 4. The van der Waals surface area contributed by atoms with Gasteiger partial charge in [-0.05, 0) is 51.3 Å². The molecule has 20 heavy (non-hydrogen) atoms. The lowest BCUT2D eigenvalue weighted by Crippen LogP contribution is -2.22. The van der Waals surface area contributed by atoms with E-state index in [0.717, 1.165) is 4.47 Å². The molecule has 8 heteroatoms. The minimum absolute atomic E-state index is 0.257. The molecular weight excluding hydrogens is 348 g/mol. The number of nitrogens with zero attached hydrogens (tertiary/aromatic N) is 4. The lowest BCUT2D eigenvalue weighted by atomic mass is 10.1. The molecule has 3 rings (SSSR count). The zero-order valence-electron chi connectivity index (χ0n) is 10.3. The van der Waals surface area contributed by atoms with Crippen LogP contribution in [0.15, 0.2) is 22.7 Å². The van der Waals surface area contributed by atoms with Gasteiger partial charge in [0.15, 0.2) is 5.82 Å². The number of carboxylic acid groups (broad SMARTS) is 1. The fourth-order valence-electron chi connectivity index (χ4n) is 2.06. The molecule has 1 saturated carbocycles. The first-order chi connectivity index (χ1) is 9.53. The van der Waals surface area contributed by atoms with Crippen molar-refractivity contribution in [3.63, 3.8) is 0 Å². The SMILES string of the molecule is O=C(O)C1(Cn2nnnc2-c2cccc(Br)c2Cl)CC1. The molecule has 1 aliphatic carbocycles. The highest BCUT2D eigenvalue weighted by atomic mass is 79.9. The van der Waals surface area contributed by atoms with Crippen molar-refractivity contribution in [2.24, 2.45) is 5.41 Å². The van der Waals surface area contributed by atoms with Crippen LogP contribution in [0.1, 0.15) is 12.8 Å². The Labute approximate surface area is 127 Å². The first-order valence-corrected chi connectivity index (χ1v) is 7.14. The number of rotatable bonds is 4. The van der Waals surface area contributed by atoms with E-state index < -0.39 is 11.4 Å². The molecule has 0 unspecified atom stereocenters. The Balaban J connectivity index is 1.99. The fourth-order valence-corrected chi connectivity index (χ4v) is 2.63. The van der Waals surface area contributed by atoms with Gasteiger partial charge in [-0.3, -0.25) is 4.79 Å². The van der Waals surface area contributed by atoms with Gasteiger partial charge in [-0.15, -0.1) is 5.10 Å². The lowest BCUT2D eigenvalue weighted by molar-refractivity contribution is -0.144. The Morgan fingerprint density at radius 3 is 2.90 bits per heavy atom. The highest BCUT2D eigenvalue weighted by molar-refractivity contribution is 9.10. The van der Waals surface area contributed by atoms with Crippen LogP contribution in [0.4, 0.5) is 0 Å². The number of halogens is 2. The van der Waals surface area contributed by atoms with Crippen LogP contribution >= 0.6 is 27.5 Å². The van der Waals surface area contributed by atoms with E-state index in [1.165, 1.54) is 4.68 Å². The smallest absolute Gasteiger partial charge is 0.311 e. The van der Waals surface area contributed by atoms with Crippen molar-refractivity contribution < 1.29 is 9.90 Å². The molecular formula is C12H10BrClN4O2. The molecule has 104 valence electrons. The average Bonchev–Trinajstić information content (AvgIpc) is 3.06. The number of tetrazole rings is 1. The highest BCUT2D eigenvalue weighted by Gasteiger charge is 2.51. The monoisotopic (exact) mass is 356 g/mol. The second-order valence-corrected chi connectivity index (χ2v) is 6.08. The maximum atomic E-state index is 11.3. The van der Waals surface area contributed by atoms with E-state index in [2.05, 4.69) is 31.5 Å². The van der Waals surface area contributed by atoms with E-state index in [4.69, 9.17) is 11.6 Å². The Morgan fingerprint density at radius 2 is 2.25 bits per heavy atom. The molecule has 0 atom stereocenters. The number of benzene rings is 1. The summed E-state index contributed by atoms with van der Waals surface area (Å²) >= 11 is 9.58. The normalized spacial score (nSPS) is 16.1. The lowest BCUT2D eigenvalue weighted by Gasteiger charge is -2.11. The molecule has 0 aliphatic heterocycles. The summed E-state index contributed by atoms with van der Waals surface area (Å²) in [7, 11) is 0. The predicted octanol–water partition coefficient (Wildman–Crippen LogP) is 2.62. The summed E-state index contributed by atoms with van der Waals surface area (Å²) in [4.78, 5) is 11.3. The summed E-state index contributed by atoms with van der Waals surface area (Å²) in [5.74, 6) is -0.330. The maximum absolute atomic E-state index is 11.3. The van der Waals surface area contributed by atoms with Crippen molar-refractivity contribution >= 4 is 33.5 Å². The molecule has 1 aromatic carbocycles. The Bertz CT molecular complexity index is 684. The van der Waals surface area contributed by atoms with Crippen molar-refractivity contribution in [2.45, 2.75) is 19.4 Å². The minimum atomic E-state index is -0.806. The van der Waals surface area contributed by atoms with E-state index >= 15 is 0 Å². The molecule has 1 N–H and O–H groups in total. The van der Waals surface area contributed by atoms with Gasteiger partial charge in [-0.1, -0.05) is 17.7 Å². The molecule has 0 spiro atoms. The van der Waals surface area contributed by atoms with Crippen LogP contribution in [0.25, 0.3) is 11.4 Å². The molecule has 0 amide bonds. The molecule has 1 aromatic heterocycles. The third kappa shape index (κ3) is 2.20. The second kappa shape index (κ2) is 4.82. The molecule has 0 bridgehead atoms. The van der Waals surface area contributed by atoms with Gasteiger partial charge in [-0.25, -0.2) is 4.68 Å². The molecule has 0 saturated heterocycles. The molecule has 1 heterocycles. The largest absolute Gasteiger partial charge is 0.481 e. The van der Waals surface area contributed by atoms with Crippen LogP contribution in [0.5, 0.6) is 0 Å². The van der Waals surface area contributed by atoms with Gasteiger partial charge in [0.2, 0.25) is 0 Å². The van der Waals surface area contributed by atoms with Crippen LogP contribution < -0.4 is 0 Å². The summed E-state index contributed by atoms with van der Waals surface area (Å²) in [6.07, 6.45) is 1.29. The first-order valence-electron chi connectivity index (χ1n) is 5.97. The fraction of sp³-hybridized carbons (Fsp3) is 0.333. The number of hydrogen-bond donors (Lipinski definition) is 1. The van der Waals surface area contributed by atoms with Gasteiger partial charge in [0, 0.05) is 10.0 Å². The quantitative estimate of drug-likeness (QED) is 0.909. The third-order valence-electron chi connectivity index (χ3n) is 3.48. The van der Waals surface area contributed by atoms with Gasteiger partial charge in [0.25, 0.3) is 0 Å². The van der Waals surface area contributed by atoms with Gasteiger partial charge in [0.1, 0.15) is 0 Å². The molecule has 0 radical (unpaired) electrons. The van der Waals surface area contributed by atoms with Gasteiger partial charge in [0.05, 0.1) is 17.0 Å². The summed E-state index contributed by atoms with van der Waals surface area (Å²) < 4.78 is 2.25. The summed E-state index contributed by atoms with van der Waals surface area (Å²) in [6, 6.07) is 5.45. The van der Waals surface area contributed by atoms with Crippen LogP contribution in [-0.4, -0.2) is 31.3 Å². The number of carbonyl (C=O) groups is 1. The minimum Gasteiger partial charge on any atom is -0.481 e. The van der Waals surface area contributed by atoms with Crippen LogP contribution in [0.2, 0.25) is 5.02 Å². The molecule has 2 aromatic rings. The molecule has 6 nitrogen and oxygen atoms in total. The summed E-state index contributed by atoms with van der Waals surface area (Å²) in [5, 5.41) is 21.2. The Kier molecular flexibility index (Phi) is 3.25. The number of aliphatic carboxylic acids is 1. The van der Waals surface area contributed by atoms with Crippen molar-refractivity contribution in [3.8, 4) is 11.4 Å². The zero-order chi connectivity index (χ0) is 14.3. The van der Waals surface area contributed by atoms with E-state index in [0.29, 0.717) is 29.3 Å². The van der Waals surface area contributed by atoms with Crippen molar-refractivity contribution in [3.05, 3.63) is 27.7 Å². The van der Waals surface area contributed by atoms with Gasteiger partial charge in [-0.2, -0.15) is 0 Å². The van der Waals surface area contributed by atoms with Gasteiger partial charge < -0.3 is 5.11 Å². The van der Waals surface area contributed by atoms with E-state index in [1.54, 1.807) is 6.07 Å². The first kappa shape index (κ1) is 13.5. The van der Waals surface area contributed by atoms with Crippen molar-refractivity contribution in [2.75, 3.05) is 0 Å². The number of carboxylic acids is 1. The number of aromatic nitrogens is 4. The summed E-state index contributed by atoms with van der Waals surface area (Å²) in [6.45, 7) is 0.257. The topological polar surface area (TPSA) is 80.9 Å². The van der Waals surface area contributed by atoms with E-state index in [1.807, 2.05) is 12.1 Å². The van der Waals surface area contributed by atoms with Crippen LogP contribution in [-0.2, 0) is 11.3 Å². The van der Waals surface area contributed by atoms with Crippen molar-refractivity contribution in [1.29, 1.82) is 0 Å².